The van der Waals surface area contributed by atoms with Crippen molar-refractivity contribution in [2.75, 3.05) is 19.7 Å². The van der Waals surface area contributed by atoms with Gasteiger partial charge in [0.15, 0.2) is 11.5 Å². The molecule has 0 spiro atoms. The highest BCUT2D eigenvalue weighted by Gasteiger charge is 2.33. The molecule has 2 heterocycles. The molecule has 24 heteroatoms. The van der Waals surface area contributed by atoms with Crippen LogP contribution in [0.3, 0.4) is 0 Å². The molecule has 66 heavy (non-hydrogen) atoms. The summed E-state index contributed by atoms with van der Waals surface area (Å²) >= 11 is 0. The van der Waals surface area contributed by atoms with Crippen LogP contribution in [0.5, 0.6) is 11.5 Å². The highest BCUT2D eigenvalue weighted by Crippen LogP contribution is 2.31. The number of hydrogen-bond donors (Lipinski definition) is 2. The summed E-state index contributed by atoms with van der Waals surface area (Å²) in [5, 5.41) is 31.1. The predicted octanol–water partition coefficient (Wildman–Crippen LogP) is 9.41. The topological polar surface area (TPSA) is 217 Å². The molecule has 4 aromatic rings. The highest BCUT2D eigenvalue weighted by atomic mass is 19.4. The summed E-state index contributed by atoms with van der Waals surface area (Å²) in [5.74, 6) is -0.653. The third-order valence-corrected chi connectivity index (χ3v) is 9.90. The van der Waals surface area contributed by atoms with Gasteiger partial charge in [0.2, 0.25) is 0 Å². The number of alkyl halides is 6. The first-order valence-electron chi connectivity index (χ1n) is 21.2. The first-order chi connectivity index (χ1) is 31.3. The van der Waals surface area contributed by atoms with Crippen LogP contribution in [-0.2, 0) is 22.3 Å². The lowest BCUT2D eigenvalue weighted by atomic mass is 10.0. The summed E-state index contributed by atoms with van der Waals surface area (Å²) in [6.07, 6.45) is -1.87. The lowest BCUT2D eigenvalue weighted by Gasteiger charge is -2.18. The number of aromatic nitrogens is 4. The molecule has 0 bridgehead atoms. The number of benzene rings is 2. The smallest absolute Gasteiger partial charge is 0.482 e. The summed E-state index contributed by atoms with van der Waals surface area (Å²) in [5.41, 5.74) is 2.26. The molecule has 0 aliphatic carbocycles. The number of nitrogens with one attached hydrogen (secondary N) is 2. The van der Waals surface area contributed by atoms with Crippen molar-refractivity contribution in [3.05, 3.63) is 116 Å². The molecule has 2 amide bonds. The molecule has 0 aliphatic heterocycles. The van der Waals surface area contributed by atoms with Crippen LogP contribution in [0.15, 0.2) is 73.3 Å². The molecule has 2 aromatic carbocycles. The third kappa shape index (κ3) is 18.5. The van der Waals surface area contributed by atoms with Crippen molar-refractivity contribution in [3.8, 4) is 11.5 Å². The Morgan fingerprint density at radius 2 is 1.12 bits per heavy atom. The van der Waals surface area contributed by atoms with Crippen molar-refractivity contribution in [3.63, 3.8) is 0 Å². The lowest BCUT2D eigenvalue weighted by molar-refractivity contribution is -0.768. The zero-order chi connectivity index (χ0) is 48.9. The minimum Gasteiger partial charge on any atom is -0.482 e. The molecule has 0 saturated heterocycles. The molecule has 2 aromatic heterocycles. The Kier molecular flexibility index (Phi) is 21.5. The molecule has 4 rings (SSSR count). The molecule has 2 N–H and O–H groups in total. The van der Waals surface area contributed by atoms with Crippen LogP contribution in [0.25, 0.3) is 0 Å². The first kappa shape index (κ1) is 53.7. The van der Waals surface area contributed by atoms with E-state index < -0.39 is 41.1 Å². The van der Waals surface area contributed by atoms with Crippen LogP contribution >= 0.6 is 0 Å². The van der Waals surface area contributed by atoms with Crippen molar-refractivity contribution in [1.82, 2.24) is 30.2 Å². The van der Waals surface area contributed by atoms with Crippen molar-refractivity contribution >= 4 is 11.8 Å². The Morgan fingerprint density at radius 1 is 0.667 bits per heavy atom. The van der Waals surface area contributed by atoms with Gasteiger partial charge < -0.3 is 29.8 Å². The van der Waals surface area contributed by atoms with Gasteiger partial charge in [-0.15, -0.1) is 46.6 Å². The zero-order valence-electron chi connectivity index (χ0n) is 36.8. The largest absolute Gasteiger partial charge is 0.504 e. The summed E-state index contributed by atoms with van der Waals surface area (Å²) in [4.78, 5) is 54.4. The van der Waals surface area contributed by atoms with E-state index in [1.807, 2.05) is 20.8 Å². The van der Waals surface area contributed by atoms with E-state index in [0.29, 0.717) is 69.2 Å². The van der Waals surface area contributed by atoms with Crippen molar-refractivity contribution in [2.45, 2.75) is 116 Å². The van der Waals surface area contributed by atoms with E-state index in [9.17, 15) is 56.2 Å². The molecule has 18 nitrogen and oxygen atoms in total. The van der Waals surface area contributed by atoms with Gasteiger partial charge in [0.1, 0.15) is 18.3 Å². The van der Waals surface area contributed by atoms with Crippen LogP contribution in [0.4, 0.5) is 26.3 Å². The lowest BCUT2D eigenvalue weighted by Crippen LogP contribution is -2.27. The molecule has 0 saturated carbocycles. The van der Waals surface area contributed by atoms with Crippen molar-refractivity contribution in [2.24, 2.45) is 5.92 Å². The molecule has 4 atom stereocenters. The number of hydrogen-bond acceptors (Lipinski definition) is 12. The van der Waals surface area contributed by atoms with Crippen LogP contribution in [-0.4, -0.2) is 67.3 Å². The fraction of sp³-hybridized carbons (Fsp3) is 0.524. The maximum Gasteiger partial charge on any atom is 0.504 e. The summed E-state index contributed by atoms with van der Waals surface area (Å²) in [6.45, 7) is 8.18. The highest BCUT2D eigenvalue weighted by molar-refractivity contribution is 5.94. The van der Waals surface area contributed by atoms with E-state index in [4.69, 9.17) is 9.47 Å². The van der Waals surface area contributed by atoms with Crippen LogP contribution in [0.2, 0.25) is 0 Å². The quantitative estimate of drug-likeness (QED) is 0.0260. The number of carbonyl (C=O) groups is 2. The second-order valence-electron chi connectivity index (χ2n) is 14.8. The van der Waals surface area contributed by atoms with Gasteiger partial charge in [-0.1, -0.05) is 71.2 Å². The monoisotopic (exact) mass is 944 g/mol. The van der Waals surface area contributed by atoms with Crippen molar-refractivity contribution < 1.29 is 65.3 Å². The average molecular weight is 945 g/mol. The Labute approximate surface area is 376 Å². The normalized spacial score (nSPS) is 13.2. The van der Waals surface area contributed by atoms with E-state index in [1.54, 1.807) is 55.5 Å². The van der Waals surface area contributed by atoms with Crippen molar-refractivity contribution in [1.29, 1.82) is 0 Å². The standard InChI is InChI=1S/2C21H27F3N4O5/c1-3-6-19(32-18-13-26-27(14-18)21(22,23)24)15-8-10-16(11-9-15)20(29)25-12-5-7-17(4-2)33-28(30)31;1-3-5-19(33-18-12-26-27(13-18)21(22,23)24)16-6-8-17(9-7-16)20(29)25-11-10-15(4-2)14-32-28(30)31/h8-11,13-14,17,19H,3-7,12H2,1-2H3,(H,25,29);6-9,12-13,15,19H,3-5,10-11,14H2,1-2H3,(H,25,29). The van der Waals surface area contributed by atoms with Crippen LogP contribution in [0.1, 0.15) is 130 Å². The Morgan fingerprint density at radius 3 is 1.48 bits per heavy atom. The van der Waals surface area contributed by atoms with Gasteiger partial charge in [0.05, 0.1) is 31.4 Å². The number of halogens is 6. The summed E-state index contributed by atoms with van der Waals surface area (Å²) < 4.78 is 87.5. The molecule has 0 aliphatic rings. The van der Waals surface area contributed by atoms with Gasteiger partial charge in [-0.3, -0.25) is 9.59 Å². The summed E-state index contributed by atoms with van der Waals surface area (Å²) in [6, 6.07) is 13.2. The van der Waals surface area contributed by atoms with Crippen LogP contribution < -0.4 is 20.1 Å². The molecular weight excluding hydrogens is 890 g/mol. The Balaban J connectivity index is 0.000000350. The van der Waals surface area contributed by atoms with E-state index in [2.05, 4.69) is 30.5 Å². The molecule has 364 valence electrons. The van der Waals surface area contributed by atoms with E-state index >= 15 is 0 Å². The molecule has 0 fully saturated rings. The predicted molar refractivity (Wildman–Crippen MR) is 224 cm³/mol. The molecule has 0 radical (unpaired) electrons. The van der Waals surface area contributed by atoms with Gasteiger partial charge in [0.25, 0.3) is 22.0 Å². The minimum absolute atomic E-state index is 0.000804. The Hall–Kier alpha value is -6.62. The molecule has 4 unspecified atom stereocenters. The van der Waals surface area contributed by atoms with E-state index in [0.717, 1.165) is 48.8 Å². The average Bonchev–Trinajstić information content (AvgIpc) is 3.97. The Bertz CT molecular complexity index is 2100. The number of ether oxygens (including phenoxy) is 2. The van der Waals surface area contributed by atoms with Gasteiger partial charge in [-0.25, -0.2) is 0 Å². The van der Waals surface area contributed by atoms with Gasteiger partial charge in [-0.05, 0) is 79.8 Å². The number of nitrogens with zero attached hydrogens (tertiary/aromatic N) is 6. The SMILES string of the molecule is CCCC(Oc1cnn(C(F)(F)F)c1)c1ccc(C(=O)NCCC(CC)CO[N+](=O)[O-])cc1.CCCC(Oc1cnn(C(F)(F)F)c1)c1ccc(C(=O)NCCCC(CC)O[N+](=O)[O-])cc1. The first-order valence-corrected chi connectivity index (χ1v) is 21.2. The number of carbonyl (C=O) groups excluding carboxylic acids is 2. The van der Waals surface area contributed by atoms with Gasteiger partial charge in [-0.2, -0.15) is 19.6 Å². The minimum atomic E-state index is -4.62. The van der Waals surface area contributed by atoms with Gasteiger partial charge in [0, 0.05) is 24.2 Å². The summed E-state index contributed by atoms with van der Waals surface area (Å²) in [7, 11) is 0. The fourth-order valence-corrected chi connectivity index (χ4v) is 6.30. The zero-order valence-corrected chi connectivity index (χ0v) is 36.8. The second kappa shape index (κ2) is 26.4. The van der Waals surface area contributed by atoms with E-state index in [-0.39, 0.29) is 45.2 Å². The fourth-order valence-electron chi connectivity index (χ4n) is 6.30. The third-order valence-electron chi connectivity index (χ3n) is 9.90. The van der Waals surface area contributed by atoms with E-state index in [1.165, 1.54) is 0 Å². The molecular formula is C42H54F6N8O10. The second-order valence-corrected chi connectivity index (χ2v) is 14.8. The number of amides is 2. The number of rotatable bonds is 26. The maximum atomic E-state index is 12.7. The van der Waals surface area contributed by atoms with Gasteiger partial charge >= 0.3 is 12.6 Å². The maximum absolute atomic E-state index is 12.7. The van der Waals surface area contributed by atoms with Crippen LogP contribution in [0, 0.1) is 26.1 Å².